The third kappa shape index (κ3) is 7.81. The molecule has 0 heterocycles. The van der Waals surface area contributed by atoms with Gasteiger partial charge in [0.2, 0.25) is 0 Å². The van der Waals surface area contributed by atoms with Gasteiger partial charge in [0.15, 0.2) is 0 Å². The average Bonchev–Trinajstić information content (AvgIpc) is 2.84. The Morgan fingerprint density at radius 1 is 0.714 bits per heavy atom. The summed E-state index contributed by atoms with van der Waals surface area (Å²) in [5.41, 5.74) is 9.79. The molecule has 3 rings (SSSR count). The molecule has 0 saturated heterocycles. The van der Waals surface area contributed by atoms with E-state index in [1.165, 1.54) is 6.07 Å². The molecule has 0 radical (unpaired) electrons. The molecule has 0 aromatic heterocycles. The lowest BCUT2D eigenvalue weighted by Gasteiger charge is -2.10. The zero-order valence-electron chi connectivity index (χ0n) is 20.1. The molecule has 4 N–H and O–H groups in total. The van der Waals surface area contributed by atoms with Gasteiger partial charge in [-0.05, 0) is 67.4 Å². The van der Waals surface area contributed by atoms with Gasteiger partial charge in [0, 0.05) is 52.2 Å². The lowest BCUT2D eigenvalue weighted by Crippen LogP contribution is -2.16. The molecule has 35 heavy (non-hydrogen) atoms. The molecule has 176 valence electrons. The average molecular weight is 464 g/mol. The molecule has 0 bridgehead atoms. The van der Waals surface area contributed by atoms with Crippen molar-refractivity contribution in [3.05, 3.63) is 89.0 Å². The van der Waals surface area contributed by atoms with Crippen molar-refractivity contribution in [2.24, 2.45) is 0 Å². The number of unbranched alkanes of at least 4 members (excludes halogenated alkanes) is 2. The molecule has 5 heteroatoms. The molecular formula is C30H29N3O2. The molecule has 0 aliphatic heterocycles. The fourth-order valence-corrected chi connectivity index (χ4v) is 3.25. The van der Waals surface area contributed by atoms with E-state index in [0.717, 1.165) is 36.8 Å². The van der Waals surface area contributed by atoms with E-state index in [4.69, 9.17) is 5.73 Å². The van der Waals surface area contributed by atoms with E-state index in [0.29, 0.717) is 17.1 Å². The summed E-state index contributed by atoms with van der Waals surface area (Å²) in [6.45, 7) is 4.15. The zero-order valence-corrected chi connectivity index (χ0v) is 20.1. The first-order chi connectivity index (χ1) is 17.0. The van der Waals surface area contributed by atoms with E-state index in [-0.39, 0.29) is 22.9 Å². The van der Waals surface area contributed by atoms with E-state index in [9.17, 15) is 9.59 Å². The molecule has 0 fully saturated rings. The number of carbonyl (C=O) groups is 2. The number of nitrogens with one attached hydrogen (secondary N) is 2. The maximum atomic E-state index is 12.9. The molecular weight excluding hydrogens is 434 g/mol. The molecule has 0 spiro atoms. The van der Waals surface area contributed by atoms with E-state index in [1.807, 2.05) is 36.4 Å². The quantitative estimate of drug-likeness (QED) is 0.306. The minimum absolute atomic E-state index is 0.289. The minimum atomic E-state index is -0.363. The van der Waals surface area contributed by atoms with Gasteiger partial charge in [0.1, 0.15) is 0 Å². The second kappa shape index (κ2) is 12.7. The van der Waals surface area contributed by atoms with Crippen LogP contribution in [0.15, 0.2) is 66.7 Å². The van der Waals surface area contributed by atoms with Crippen LogP contribution in [0.5, 0.6) is 0 Å². The number of carbonyl (C=O) groups excluding carboxylic acids is 2. The van der Waals surface area contributed by atoms with Crippen molar-refractivity contribution in [1.82, 2.24) is 0 Å². The smallest absolute Gasteiger partial charge is 0.255 e. The predicted octanol–water partition coefficient (Wildman–Crippen LogP) is 6.08. The lowest BCUT2D eigenvalue weighted by molar-refractivity contribution is 0.102. The molecule has 0 atom stereocenters. The van der Waals surface area contributed by atoms with Crippen molar-refractivity contribution in [3.8, 4) is 23.7 Å². The van der Waals surface area contributed by atoms with Gasteiger partial charge >= 0.3 is 0 Å². The number of benzene rings is 3. The van der Waals surface area contributed by atoms with Gasteiger partial charge in [-0.2, -0.15) is 0 Å². The molecule has 0 unspecified atom stereocenters. The summed E-state index contributed by atoms with van der Waals surface area (Å²) in [5.74, 6) is 11.6. The molecule has 0 aliphatic carbocycles. The summed E-state index contributed by atoms with van der Waals surface area (Å²) < 4.78 is 0. The SMILES string of the molecule is CCCC#Cc1cccc(NC(=O)c2cc(N)cc(C(=O)Nc3cccc(C#CCCC)c3)c2)c1. The Bertz CT molecular complexity index is 1240. The van der Waals surface area contributed by atoms with Crippen LogP contribution < -0.4 is 16.4 Å². The van der Waals surface area contributed by atoms with Gasteiger partial charge < -0.3 is 16.4 Å². The zero-order chi connectivity index (χ0) is 25.0. The lowest BCUT2D eigenvalue weighted by atomic mass is 10.1. The molecule has 0 aliphatic rings. The van der Waals surface area contributed by atoms with Crippen molar-refractivity contribution in [3.63, 3.8) is 0 Å². The monoisotopic (exact) mass is 463 g/mol. The highest BCUT2D eigenvalue weighted by Gasteiger charge is 2.13. The summed E-state index contributed by atoms with van der Waals surface area (Å²) >= 11 is 0. The fourth-order valence-electron chi connectivity index (χ4n) is 3.25. The number of hydrogen-bond acceptors (Lipinski definition) is 3. The number of amides is 2. The van der Waals surface area contributed by atoms with Crippen molar-refractivity contribution in [2.75, 3.05) is 16.4 Å². The molecule has 3 aromatic carbocycles. The maximum absolute atomic E-state index is 12.9. The molecule has 0 saturated carbocycles. The summed E-state index contributed by atoms with van der Waals surface area (Å²) in [4.78, 5) is 25.8. The van der Waals surface area contributed by atoms with Gasteiger partial charge in [-0.15, -0.1) is 0 Å². The number of nitrogen functional groups attached to an aromatic ring is 1. The number of rotatable bonds is 6. The van der Waals surface area contributed by atoms with E-state index in [1.54, 1.807) is 24.3 Å². The predicted molar refractivity (Wildman–Crippen MR) is 143 cm³/mol. The van der Waals surface area contributed by atoms with Crippen LogP contribution in [-0.4, -0.2) is 11.8 Å². The number of hydrogen-bond donors (Lipinski definition) is 3. The Kier molecular flexibility index (Phi) is 9.11. The van der Waals surface area contributed by atoms with Crippen LogP contribution in [0.4, 0.5) is 17.1 Å². The summed E-state index contributed by atoms with van der Waals surface area (Å²) in [6.07, 6.45) is 3.63. The third-order valence-electron chi connectivity index (χ3n) is 4.94. The minimum Gasteiger partial charge on any atom is -0.399 e. The van der Waals surface area contributed by atoms with Crippen LogP contribution in [0.1, 0.15) is 71.4 Å². The highest BCUT2D eigenvalue weighted by atomic mass is 16.2. The number of anilines is 3. The van der Waals surface area contributed by atoms with Crippen LogP contribution >= 0.6 is 0 Å². The van der Waals surface area contributed by atoms with Crippen LogP contribution in [0.3, 0.4) is 0 Å². The summed E-state index contributed by atoms with van der Waals surface area (Å²) in [6, 6.07) is 19.3. The van der Waals surface area contributed by atoms with Gasteiger partial charge in [-0.3, -0.25) is 9.59 Å². The molecule has 2 amide bonds. The Labute approximate surface area is 207 Å². The van der Waals surface area contributed by atoms with Crippen LogP contribution in [0.2, 0.25) is 0 Å². The summed E-state index contributed by atoms with van der Waals surface area (Å²) in [5, 5.41) is 5.71. The van der Waals surface area contributed by atoms with Crippen molar-refractivity contribution < 1.29 is 9.59 Å². The van der Waals surface area contributed by atoms with Crippen LogP contribution in [0.25, 0.3) is 0 Å². The second-order valence-electron chi connectivity index (χ2n) is 8.02. The Hall–Kier alpha value is -4.48. The van der Waals surface area contributed by atoms with E-state index >= 15 is 0 Å². The summed E-state index contributed by atoms with van der Waals surface area (Å²) in [7, 11) is 0. The Morgan fingerprint density at radius 3 is 1.60 bits per heavy atom. The van der Waals surface area contributed by atoms with Crippen molar-refractivity contribution in [2.45, 2.75) is 39.5 Å². The highest BCUT2D eigenvalue weighted by Crippen LogP contribution is 2.18. The molecule has 5 nitrogen and oxygen atoms in total. The van der Waals surface area contributed by atoms with Crippen molar-refractivity contribution in [1.29, 1.82) is 0 Å². The van der Waals surface area contributed by atoms with Crippen LogP contribution in [0, 0.1) is 23.7 Å². The third-order valence-corrected chi connectivity index (χ3v) is 4.94. The maximum Gasteiger partial charge on any atom is 0.255 e. The first-order valence-electron chi connectivity index (χ1n) is 11.7. The van der Waals surface area contributed by atoms with Gasteiger partial charge in [-0.1, -0.05) is 49.7 Å². The first kappa shape index (κ1) is 25.1. The first-order valence-corrected chi connectivity index (χ1v) is 11.7. The Balaban J connectivity index is 1.74. The van der Waals surface area contributed by atoms with Crippen molar-refractivity contribution >= 4 is 28.9 Å². The van der Waals surface area contributed by atoms with E-state index in [2.05, 4.69) is 48.2 Å². The standard InChI is InChI=1S/C30H29N3O2/c1-3-5-7-11-22-13-9-15-27(17-22)32-29(34)24-19-25(21-26(31)20-24)30(35)33-28-16-10-14-23(18-28)12-8-6-4-2/h9-10,13-21H,3-6,31H2,1-2H3,(H,32,34)(H,33,35). The highest BCUT2D eigenvalue weighted by molar-refractivity contribution is 6.09. The number of nitrogens with two attached hydrogens (primary N) is 1. The Morgan fingerprint density at radius 2 is 1.17 bits per heavy atom. The van der Waals surface area contributed by atoms with Gasteiger partial charge in [-0.25, -0.2) is 0 Å². The normalized spacial score (nSPS) is 9.77. The van der Waals surface area contributed by atoms with E-state index < -0.39 is 0 Å². The van der Waals surface area contributed by atoms with Crippen LogP contribution in [-0.2, 0) is 0 Å². The largest absolute Gasteiger partial charge is 0.399 e. The second-order valence-corrected chi connectivity index (χ2v) is 8.02. The molecule has 3 aromatic rings. The fraction of sp³-hybridized carbons (Fsp3) is 0.200. The topological polar surface area (TPSA) is 84.2 Å². The van der Waals surface area contributed by atoms with Gasteiger partial charge in [0.25, 0.3) is 11.8 Å². The van der Waals surface area contributed by atoms with Gasteiger partial charge in [0.05, 0.1) is 0 Å².